The van der Waals surface area contributed by atoms with Gasteiger partial charge in [-0.3, -0.25) is 0 Å². The van der Waals surface area contributed by atoms with Crippen molar-refractivity contribution >= 4 is 27.7 Å². The van der Waals surface area contributed by atoms with Crippen molar-refractivity contribution in [3.63, 3.8) is 0 Å². The van der Waals surface area contributed by atoms with Gasteiger partial charge in [-0.25, -0.2) is 4.98 Å². The summed E-state index contributed by atoms with van der Waals surface area (Å²) in [5.74, 6) is 1.81. The maximum absolute atomic E-state index is 5.45. The lowest BCUT2D eigenvalue weighted by Crippen LogP contribution is -2.00. The Morgan fingerprint density at radius 1 is 1.67 bits per heavy atom. The van der Waals surface area contributed by atoms with E-state index in [1.54, 1.807) is 18.0 Å². The van der Waals surface area contributed by atoms with Crippen LogP contribution in [0.15, 0.2) is 22.9 Å². The van der Waals surface area contributed by atoms with Gasteiger partial charge in [0.1, 0.15) is 4.60 Å². The fourth-order valence-corrected chi connectivity index (χ4v) is 1.33. The predicted octanol–water partition coefficient (Wildman–Crippen LogP) is 2.59. The van der Waals surface area contributed by atoms with E-state index < -0.39 is 0 Å². The van der Waals surface area contributed by atoms with Crippen molar-refractivity contribution in [2.24, 2.45) is 0 Å². The van der Waals surface area contributed by atoms with Gasteiger partial charge >= 0.3 is 0 Å². The van der Waals surface area contributed by atoms with E-state index in [2.05, 4.69) is 27.2 Å². The lowest BCUT2D eigenvalue weighted by molar-refractivity contribution is 0.340. The first-order valence-corrected chi connectivity index (χ1v) is 5.75. The summed E-state index contributed by atoms with van der Waals surface area (Å²) in [6.07, 6.45) is 3.78. The van der Waals surface area contributed by atoms with Crippen LogP contribution in [0.25, 0.3) is 0 Å². The molecule has 12 heavy (non-hydrogen) atoms. The number of hydrogen-bond acceptors (Lipinski definition) is 3. The number of thioether (sulfide) groups is 1. The van der Waals surface area contributed by atoms with Crippen LogP contribution in [0.1, 0.15) is 0 Å². The summed E-state index contributed by atoms with van der Waals surface area (Å²) >= 11 is 5.07. The zero-order valence-electron chi connectivity index (χ0n) is 6.79. The minimum Gasteiger partial charge on any atom is -0.490 e. The van der Waals surface area contributed by atoms with Crippen LogP contribution in [-0.4, -0.2) is 23.6 Å². The first kappa shape index (κ1) is 9.86. The summed E-state index contributed by atoms with van der Waals surface area (Å²) < 4.78 is 6.22. The molecule has 0 bridgehead atoms. The van der Waals surface area contributed by atoms with Gasteiger partial charge in [0, 0.05) is 11.9 Å². The molecule has 0 aliphatic carbocycles. The van der Waals surface area contributed by atoms with Gasteiger partial charge in [-0.2, -0.15) is 11.8 Å². The molecule has 0 atom stereocenters. The molecule has 1 rings (SSSR count). The molecule has 4 heteroatoms. The first-order chi connectivity index (χ1) is 5.84. The molecule has 0 fully saturated rings. The molecule has 2 nitrogen and oxygen atoms in total. The Balaban J connectivity index is 2.46. The van der Waals surface area contributed by atoms with Crippen LogP contribution in [0.4, 0.5) is 0 Å². The van der Waals surface area contributed by atoms with E-state index >= 15 is 0 Å². The predicted molar refractivity (Wildman–Crippen MR) is 55.8 cm³/mol. The number of aromatic nitrogens is 1. The fraction of sp³-hybridized carbons (Fsp3) is 0.375. The topological polar surface area (TPSA) is 22.1 Å². The third-order valence-electron chi connectivity index (χ3n) is 1.27. The number of nitrogens with zero attached hydrogens (tertiary/aromatic N) is 1. The normalized spacial score (nSPS) is 9.83. The molecular formula is C8H10BrNOS. The molecule has 0 saturated carbocycles. The molecular weight excluding hydrogens is 238 g/mol. The Morgan fingerprint density at radius 3 is 3.17 bits per heavy atom. The highest BCUT2D eigenvalue weighted by Crippen LogP contribution is 2.20. The molecule has 0 N–H and O–H groups in total. The Kier molecular flexibility index (Phi) is 4.46. The first-order valence-electron chi connectivity index (χ1n) is 3.57. The van der Waals surface area contributed by atoms with E-state index in [1.807, 2.05) is 12.1 Å². The van der Waals surface area contributed by atoms with Crippen molar-refractivity contribution in [1.29, 1.82) is 0 Å². The fourth-order valence-electron chi connectivity index (χ4n) is 0.714. The maximum atomic E-state index is 5.45. The van der Waals surface area contributed by atoms with Crippen LogP contribution in [0.5, 0.6) is 5.75 Å². The lowest BCUT2D eigenvalue weighted by atomic mass is 10.5. The van der Waals surface area contributed by atoms with Crippen molar-refractivity contribution < 1.29 is 4.74 Å². The summed E-state index contributed by atoms with van der Waals surface area (Å²) in [5, 5.41) is 0. The Labute approximate surface area is 84.9 Å². The largest absolute Gasteiger partial charge is 0.490 e. The van der Waals surface area contributed by atoms with Gasteiger partial charge in [0.15, 0.2) is 5.75 Å². The highest BCUT2D eigenvalue weighted by atomic mass is 79.9. The van der Waals surface area contributed by atoms with Crippen LogP contribution < -0.4 is 4.74 Å². The van der Waals surface area contributed by atoms with Crippen LogP contribution in [-0.2, 0) is 0 Å². The van der Waals surface area contributed by atoms with E-state index in [0.29, 0.717) is 0 Å². The zero-order valence-corrected chi connectivity index (χ0v) is 9.19. The summed E-state index contributed by atoms with van der Waals surface area (Å²) in [6, 6.07) is 3.76. The van der Waals surface area contributed by atoms with E-state index in [1.165, 1.54) is 0 Å². The highest BCUT2D eigenvalue weighted by molar-refractivity contribution is 9.10. The van der Waals surface area contributed by atoms with Gasteiger partial charge in [0.25, 0.3) is 0 Å². The summed E-state index contributed by atoms with van der Waals surface area (Å²) in [4.78, 5) is 4.04. The van der Waals surface area contributed by atoms with Crippen molar-refractivity contribution in [2.75, 3.05) is 18.6 Å². The molecule has 0 unspecified atom stereocenters. The number of halogens is 1. The molecule has 1 heterocycles. The Hall–Kier alpha value is -0.220. The van der Waals surface area contributed by atoms with Crippen LogP contribution in [0.3, 0.4) is 0 Å². The molecule has 0 aromatic carbocycles. The molecule has 0 aliphatic heterocycles. The summed E-state index contributed by atoms with van der Waals surface area (Å²) in [7, 11) is 0. The molecule has 66 valence electrons. The monoisotopic (exact) mass is 247 g/mol. The molecule has 0 saturated heterocycles. The van der Waals surface area contributed by atoms with Crippen LogP contribution in [0.2, 0.25) is 0 Å². The van der Waals surface area contributed by atoms with Gasteiger partial charge in [0.2, 0.25) is 0 Å². The molecule has 0 aliphatic rings. The Bertz CT molecular complexity index is 244. The molecule has 1 aromatic rings. The van der Waals surface area contributed by atoms with Gasteiger partial charge in [-0.1, -0.05) is 0 Å². The van der Waals surface area contributed by atoms with E-state index in [0.717, 1.165) is 22.7 Å². The molecule has 0 radical (unpaired) electrons. The molecule has 0 amide bonds. The number of pyridine rings is 1. The van der Waals surface area contributed by atoms with E-state index in [9.17, 15) is 0 Å². The number of ether oxygens (including phenoxy) is 1. The van der Waals surface area contributed by atoms with Gasteiger partial charge < -0.3 is 4.74 Å². The average Bonchev–Trinajstić information content (AvgIpc) is 2.09. The molecule has 1 aromatic heterocycles. The minimum atomic E-state index is 0.728. The Morgan fingerprint density at radius 2 is 2.50 bits per heavy atom. The van der Waals surface area contributed by atoms with Gasteiger partial charge in [-0.15, -0.1) is 0 Å². The van der Waals surface area contributed by atoms with Crippen molar-refractivity contribution in [2.45, 2.75) is 0 Å². The number of rotatable bonds is 4. The standard InChI is InChI=1S/C8H10BrNOS/c1-12-6-5-11-7-3-2-4-10-8(7)9/h2-4H,5-6H2,1H3. The van der Waals surface area contributed by atoms with E-state index in [-0.39, 0.29) is 0 Å². The quantitative estimate of drug-likeness (QED) is 0.604. The smallest absolute Gasteiger partial charge is 0.152 e. The van der Waals surface area contributed by atoms with Crippen LogP contribution in [0, 0.1) is 0 Å². The lowest BCUT2D eigenvalue weighted by Gasteiger charge is -2.05. The SMILES string of the molecule is CSCCOc1cccnc1Br. The summed E-state index contributed by atoms with van der Waals surface area (Å²) in [6.45, 7) is 0.728. The minimum absolute atomic E-state index is 0.728. The van der Waals surface area contributed by atoms with Crippen molar-refractivity contribution in [3.8, 4) is 5.75 Å². The average molecular weight is 248 g/mol. The maximum Gasteiger partial charge on any atom is 0.152 e. The second-order valence-corrected chi connectivity index (χ2v) is 3.87. The zero-order chi connectivity index (χ0) is 8.81. The second-order valence-electron chi connectivity index (χ2n) is 2.13. The van der Waals surface area contributed by atoms with E-state index in [4.69, 9.17) is 4.74 Å². The summed E-state index contributed by atoms with van der Waals surface area (Å²) in [5.41, 5.74) is 0. The second kappa shape index (κ2) is 5.43. The van der Waals surface area contributed by atoms with Gasteiger partial charge in [0.05, 0.1) is 6.61 Å². The number of hydrogen-bond donors (Lipinski definition) is 0. The van der Waals surface area contributed by atoms with Crippen molar-refractivity contribution in [1.82, 2.24) is 4.98 Å². The van der Waals surface area contributed by atoms with Crippen LogP contribution >= 0.6 is 27.7 Å². The highest BCUT2D eigenvalue weighted by Gasteiger charge is 1.98. The van der Waals surface area contributed by atoms with Crippen molar-refractivity contribution in [3.05, 3.63) is 22.9 Å². The van der Waals surface area contributed by atoms with Gasteiger partial charge in [-0.05, 0) is 34.3 Å². The molecule has 0 spiro atoms. The third kappa shape index (κ3) is 3.03. The third-order valence-corrected chi connectivity index (χ3v) is 2.44.